The van der Waals surface area contributed by atoms with E-state index in [1.807, 2.05) is 13.0 Å². The summed E-state index contributed by atoms with van der Waals surface area (Å²) >= 11 is 0. The highest BCUT2D eigenvalue weighted by Gasteiger charge is 2.09. The molecule has 1 fully saturated rings. The topological polar surface area (TPSA) is 29.1 Å². The van der Waals surface area contributed by atoms with E-state index < -0.39 is 0 Å². The summed E-state index contributed by atoms with van der Waals surface area (Å²) in [4.78, 5) is 10.9. The van der Waals surface area contributed by atoms with Crippen LogP contribution in [0.5, 0.6) is 0 Å². The second-order valence-corrected chi connectivity index (χ2v) is 2.88. The van der Waals surface area contributed by atoms with Crippen LogP contribution in [0.25, 0.3) is 0 Å². The van der Waals surface area contributed by atoms with E-state index in [1.54, 1.807) is 6.08 Å². The molecule has 1 heterocycles. The third-order valence-corrected chi connectivity index (χ3v) is 1.96. The molecule has 1 saturated heterocycles. The second kappa shape index (κ2) is 4.29. The Balaban J connectivity index is 2.27. The summed E-state index contributed by atoms with van der Waals surface area (Å²) in [6.07, 6.45) is 6.70. The van der Waals surface area contributed by atoms with Crippen LogP contribution >= 0.6 is 0 Å². The van der Waals surface area contributed by atoms with Gasteiger partial charge in [0.15, 0.2) is 5.78 Å². The molecule has 1 atom stereocenters. The van der Waals surface area contributed by atoms with Crippen molar-refractivity contribution in [2.24, 2.45) is 0 Å². The van der Waals surface area contributed by atoms with Gasteiger partial charge in [0.25, 0.3) is 0 Å². The van der Waals surface area contributed by atoms with E-state index in [0.29, 0.717) is 12.5 Å². The summed E-state index contributed by atoms with van der Waals surface area (Å²) in [6.45, 7) is 2.98. The minimum Gasteiger partial charge on any atom is -0.311 e. The maximum Gasteiger partial charge on any atom is 0.155 e. The Hall–Kier alpha value is -0.630. The number of carbonyl (C=O) groups excluding carboxylic acids is 1. The molecular formula is C9H15NO. The van der Waals surface area contributed by atoms with Crippen molar-refractivity contribution in [3.8, 4) is 0 Å². The molecule has 62 valence electrons. The minimum atomic E-state index is 0.221. The number of nitrogens with one attached hydrogen (secondary N) is 1. The lowest BCUT2D eigenvalue weighted by molar-refractivity contribution is -0.114. The Bertz CT molecular complexity index is 157. The van der Waals surface area contributed by atoms with Crippen LogP contribution in [0.3, 0.4) is 0 Å². The molecule has 1 aliphatic rings. The molecule has 0 aromatic heterocycles. The lowest BCUT2D eigenvalue weighted by atomic mass is 10.2. The quantitative estimate of drug-likeness (QED) is 0.619. The standard InChI is InChI=1S/C9H15NO/c1-2-9(11)6-5-8-4-3-7-10-8/h5-6,8,10H,2-4,7H2,1H3. The fourth-order valence-corrected chi connectivity index (χ4v) is 1.22. The fraction of sp³-hybridized carbons (Fsp3) is 0.667. The Morgan fingerprint density at radius 3 is 3.09 bits per heavy atom. The molecule has 1 unspecified atom stereocenters. The molecule has 0 aromatic carbocycles. The van der Waals surface area contributed by atoms with Crippen LogP contribution in [0, 0.1) is 0 Å². The molecule has 11 heavy (non-hydrogen) atoms. The Labute approximate surface area is 67.7 Å². The van der Waals surface area contributed by atoms with Gasteiger partial charge in [0.05, 0.1) is 0 Å². The normalized spacial score (nSPS) is 24.6. The van der Waals surface area contributed by atoms with E-state index in [-0.39, 0.29) is 5.78 Å². The molecule has 1 N–H and O–H groups in total. The summed E-state index contributed by atoms with van der Waals surface area (Å²) < 4.78 is 0. The molecule has 1 rings (SSSR count). The van der Waals surface area contributed by atoms with Crippen molar-refractivity contribution in [3.05, 3.63) is 12.2 Å². The van der Waals surface area contributed by atoms with Crippen LogP contribution in [-0.4, -0.2) is 18.4 Å². The molecule has 2 nitrogen and oxygen atoms in total. The number of allylic oxidation sites excluding steroid dienone is 1. The van der Waals surface area contributed by atoms with Crippen molar-refractivity contribution in [2.75, 3.05) is 6.54 Å². The molecule has 0 radical (unpaired) electrons. The van der Waals surface area contributed by atoms with E-state index in [2.05, 4.69) is 5.32 Å². The van der Waals surface area contributed by atoms with Crippen LogP contribution < -0.4 is 5.32 Å². The monoisotopic (exact) mass is 153 g/mol. The maximum absolute atomic E-state index is 10.9. The summed E-state index contributed by atoms with van der Waals surface area (Å²) in [5.41, 5.74) is 0. The van der Waals surface area contributed by atoms with Gasteiger partial charge in [-0.1, -0.05) is 13.0 Å². The lowest BCUT2D eigenvalue weighted by Crippen LogP contribution is -2.18. The number of rotatable bonds is 3. The van der Waals surface area contributed by atoms with Gasteiger partial charge in [0.2, 0.25) is 0 Å². The Kier molecular flexibility index (Phi) is 3.30. The van der Waals surface area contributed by atoms with Gasteiger partial charge in [-0.15, -0.1) is 0 Å². The number of hydrogen-bond donors (Lipinski definition) is 1. The van der Waals surface area contributed by atoms with Crippen LogP contribution in [-0.2, 0) is 4.79 Å². The first-order valence-electron chi connectivity index (χ1n) is 4.27. The van der Waals surface area contributed by atoms with Gasteiger partial charge in [-0.2, -0.15) is 0 Å². The van der Waals surface area contributed by atoms with Crippen molar-refractivity contribution in [2.45, 2.75) is 32.2 Å². The first-order valence-corrected chi connectivity index (χ1v) is 4.27. The van der Waals surface area contributed by atoms with Gasteiger partial charge in [0, 0.05) is 12.5 Å². The van der Waals surface area contributed by atoms with Crippen LogP contribution in [0.4, 0.5) is 0 Å². The van der Waals surface area contributed by atoms with Crippen LogP contribution in [0.1, 0.15) is 26.2 Å². The van der Waals surface area contributed by atoms with E-state index in [4.69, 9.17) is 0 Å². The number of ketones is 1. The zero-order valence-corrected chi connectivity index (χ0v) is 6.97. The number of carbonyl (C=O) groups is 1. The van der Waals surface area contributed by atoms with Crippen molar-refractivity contribution in [3.63, 3.8) is 0 Å². The predicted molar refractivity (Wildman–Crippen MR) is 45.5 cm³/mol. The summed E-state index contributed by atoms with van der Waals surface area (Å²) in [7, 11) is 0. The Morgan fingerprint density at radius 2 is 2.55 bits per heavy atom. The smallest absolute Gasteiger partial charge is 0.155 e. The minimum absolute atomic E-state index is 0.221. The molecule has 0 aliphatic carbocycles. The third-order valence-electron chi connectivity index (χ3n) is 1.96. The fourth-order valence-electron chi connectivity index (χ4n) is 1.22. The van der Waals surface area contributed by atoms with Crippen molar-refractivity contribution in [1.29, 1.82) is 0 Å². The zero-order chi connectivity index (χ0) is 8.10. The van der Waals surface area contributed by atoms with Crippen molar-refractivity contribution < 1.29 is 4.79 Å². The van der Waals surface area contributed by atoms with Gasteiger partial charge >= 0.3 is 0 Å². The largest absolute Gasteiger partial charge is 0.311 e. The highest BCUT2D eigenvalue weighted by Crippen LogP contribution is 2.05. The third kappa shape index (κ3) is 2.85. The van der Waals surface area contributed by atoms with Crippen LogP contribution in [0.2, 0.25) is 0 Å². The first kappa shape index (κ1) is 8.47. The SMILES string of the molecule is CCC(=O)C=CC1CCCN1. The van der Waals surface area contributed by atoms with E-state index in [0.717, 1.165) is 6.54 Å². The molecule has 1 aliphatic heterocycles. The van der Waals surface area contributed by atoms with Gasteiger partial charge in [-0.05, 0) is 25.5 Å². The van der Waals surface area contributed by atoms with Crippen molar-refractivity contribution in [1.82, 2.24) is 5.32 Å². The molecule has 0 saturated carbocycles. The first-order chi connectivity index (χ1) is 5.33. The summed E-state index contributed by atoms with van der Waals surface area (Å²) in [6, 6.07) is 0.450. The summed E-state index contributed by atoms with van der Waals surface area (Å²) in [5.74, 6) is 0.221. The zero-order valence-electron chi connectivity index (χ0n) is 6.97. The van der Waals surface area contributed by atoms with Gasteiger partial charge < -0.3 is 5.32 Å². The molecular weight excluding hydrogens is 138 g/mol. The van der Waals surface area contributed by atoms with Gasteiger partial charge in [-0.3, -0.25) is 4.79 Å². The van der Waals surface area contributed by atoms with Gasteiger partial charge in [-0.25, -0.2) is 0 Å². The lowest BCUT2D eigenvalue weighted by Gasteiger charge is -2.00. The maximum atomic E-state index is 10.9. The van der Waals surface area contributed by atoms with Crippen molar-refractivity contribution >= 4 is 5.78 Å². The molecule has 0 bridgehead atoms. The average molecular weight is 153 g/mol. The van der Waals surface area contributed by atoms with E-state index in [1.165, 1.54) is 12.8 Å². The van der Waals surface area contributed by atoms with Crippen LogP contribution in [0.15, 0.2) is 12.2 Å². The molecule has 0 amide bonds. The predicted octanol–water partition coefficient (Wildman–Crippen LogP) is 1.27. The average Bonchev–Trinajstić information content (AvgIpc) is 2.52. The van der Waals surface area contributed by atoms with Gasteiger partial charge in [0.1, 0.15) is 0 Å². The molecule has 0 spiro atoms. The summed E-state index contributed by atoms with van der Waals surface area (Å²) in [5, 5.41) is 3.30. The highest BCUT2D eigenvalue weighted by atomic mass is 16.1. The number of hydrogen-bond acceptors (Lipinski definition) is 2. The van der Waals surface area contributed by atoms with E-state index in [9.17, 15) is 4.79 Å². The second-order valence-electron chi connectivity index (χ2n) is 2.88. The van der Waals surface area contributed by atoms with E-state index >= 15 is 0 Å². The highest BCUT2D eigenvalue weighted by molar-refractivity contribution is 5.89. The molecule has 2 heteroatoms. The Morgan fingerprint density at radius 1 is 1.73 bits per heavy atom. The molecule has 0 aromatic rings.